The van der Waals surface area contributed by atoms with Gasteiger partial charge in [-0.2, -0.15) is 5.26 Å². The Hall–Kier alpha value is -3.00. The third-order valence-corrected chi connectivity index (χ3v) is 4.76. The maximum absolute atomic E-state index is 12.5. The van der Waals surface area contributed by atoms with Crippen molar-refractivity contribution in [2.75, 3.05) is 5.32 Å². The number of nitriles is 1. The number of hydrogen-bond donors (Lipinski definition) is 1. The fraction of sp³-hybridized carbons (Fsp3) is 0.0909. The molecule has 0 saturated heterocycles. The van der Waals surface area contributed by atoms with Gasteiger partial charge in [0.05, 0.1) is 15.6 Å². The van der Waals surface area contributed by atoms with Crippen LogP contribution in [0.5, 0.6) is 0 Å². The second-order valence-electron chi connectivity index (χ2n) is 6.24. The lowest BCUT2D eigenvalue weighted by Crippen LogP contribution is -2.14. The van der Waals surface area contributed by atoms with Crippen LogP contribution in [0.3, 0.4) is 0 Å². The van der Waals surface area contributed by atoms with Crippen LogP contribution < -0.4 is 5.32 Å². The second kappa shape index (κ2) is 8.35. The van der Waals surface area contributed by atoms with E-state index in [2.05, 4.69) is 5.32 Å². The predicted molar refractivity (Wildman–Crippen MR) is 112 cm³/mol. The zero-order chi connectivity index (χ0) is 20.3. The molecule has 0 saturated carbocycles. The fourth-order valence-corrected chi connectivity index (χ4v) is 3.23. The van der Waals surface area contributed by atoms with Crippen LogP contribution in [0, 0.1) is 25.2 Å². The number of carbonyl (C=O) groups is 1. The first-order chi connectivity index (χ1) is 13.4. The Morgan fingerprint density at radius 1 is 1.11 bits per heavy atom. The minimum absolute atomic E-state index is 0.0768. The molecule has 0 spiro atoms. The van der Waals surface area contributed by atoms with Crippen molar-refractivity contribution in [3.63, 3.8) is 0 Å². The summed E-state index contributed by atoms with van der Waals surface area (Å²) < 4.78 is 5.73. The molecule has 1 N–H and O–H groups in total. The Labute approximate surface area is 173 Å². The fourth-order valence-electron chi connectivity index (χ4n) is 2.65. The van der Waals surface area contributed by atoms with Gasteiger partial charge in [0, 0.05) is 11.8 Å². The maximum atomic E-state index is 12.5. The highest BCUT2D eigenvalue weighted by Crippen LogP contribution is 2.35. The topological polar surface area (TPSA) is 66.0 Å². The summed E-state index contributed by atoms with van der Waals surface area (Å²) in [5.74, 6) is 0.289. The van der Waals surface area contributed by atoms with E-state index in [1.807, 2.05) is 38.1 Å². The van der Waals surface area contributed by atoms with Crippen molar-refractivity contribution in [1.82, 2.24) is 0 Å². The Bertz CT molecular complexity index is 1100. The maximum Gasteiger partial charge on any atom is 0.266 e. The van der Waals surface area contributed by atoms with E-state index in [9.17, 15) is 10.1 Å². The monoisotopic (exact) mass is 410 g/mol. The minimum atomic E-state index is -0.509. The number of rotatable bonds is 4. The third-order valence-electron chi connectivity index (χ3n) is 4.13. The van der Waals surface area contributed by atoms with Crippen molar-refractivity contribution in [1.29, 1.82) is 5.26 Å². The van der Waals surface area contributed by atoms with Gasteiger partial charge in [-0.15, -0.1) is 0 Å². The van der Waals surface area contributed by atoms with Crippen LogP contribution in [0.15, 0.2) is 58.5 Å². The summed E-state index contributed by atoms with van der Waals surface area (Å²) >= 11 is 12.4. The normalized spacial score (nSPS) is 11.2. The summed E-state index contributed by atoms with van der Waals surface area (Å²) in [6, 6.07) is 16.1. The molecule has 0 radical (unpaired) electrons. The average molecular weight is 411 g/mol. The average Bonchev–Trinajstić information content (AvgIpc) is 3.10. The van der Waals surface area contributed by atoms with E-state index >= 15 is 0 Å². The van der Waals surface area contributed by atoms with Crippen LogP contribution in [0.4, 0.5) is 5.69 Å². The van der Waals surface area contributed by atoms with Crippen LogP contribution in [0.1, 0.15) is 16.9 Å². The van der Waals surface area contributed by atoms with E-state index in [1.165, 1.54) is 6.08 Å². The first-order valence-corrected chi connectivity index (χ1v) is 9.19. The van der Waals surface area contributed by atoms with Gasteiger partial charge in [0.1, 0.15) is 23.2 Å². The summed E-state index contributed by atoms with van der Waals surface area (Å²) in [4.78, 5) is 12.5. The summed E-state index contributed by atoms with van der Waals surface area (Å²) in [7, 11) is 0. The van der Waals surface area contributed by atoms with Gasteiger partial charge in [0.2, 0.25) is 0 Å². The van der Waals surface area contributed by atoms with Crippen molar-refractivity contribution in [3.8, 4) is 17.4 Å². The highest BCUT2D eigenvalue weighted by Gasteiger charge is 2.15. The number of benzene rings is 2. The number of amides is 1. The SMILES string of the molecule is Cc1ccc(C)c(NC(=O)/C(C#N)=C/c2ccc(-c3c(Cl)cccc3Cl)o2)c1. The molecular weight excluding hydrogens is 395 g/mol. The quantitative estimate of drug-likeness (QED) is 0.398. The molecule has 1 amide bonds. The smallest absolute Gasteiger partial charge is 0.266 e. The Balaban J connectivity index is 1.87. The molecule has 1 heterocycles. The van der Waals surface area contributed by atoms with Crippen LogP contribution in [0.25, 0.3) is 17.4 Å². The molecule has 0 bridgehead atoms. The van der Waals surface area contributed by atoms with Gasteiger partial charge in [-0.05, 0) is 55.3 Å². The van der Waals surface area contributed by atoms with Crippen molar-refractivity contribution in [3.05, 3.63) is 81.0 Å². The molecule has 0 aliphatic heterocycles. The van der Waals surface area contributed by atoms with Crippen molar-refractivity contribution >= 4 is 40.9 Å². The van der Waals surface area contributed by atoms with Gasteiger partial charge in [0.15, 0.2) is 0 Å². The molecule has 0 aliphatic rings. The lowest BCUT2D eigenvalue weighted by Gasteiger charge is -2.08. The lowest BCUT2D eigenvalue weighted by atomic mass is 10.1. The highest BCUT2D eigenvalue weighted by atomic mass is 35.5. The van der Waals surface area contributed by atoms with Crippen molar-refractivity contribution < 1.29 is 9.21 Å². The molecule has 0 aliphatic carbocycles. The van der Waals surface area contributed by atoms with Crippen LogP contribution >= 0.6 is 23.2 Å². The largest absolute Gasteiger partial charge is 0.457 e. The Morgan fingerprint density at radius 2 is 1.82 bits per heavy atom. The van der Waals surface area contributed by atoms with Gasteiger partial charge < -0.3 is 9.73 Å². The van der Waals surface area contributed by atoms with E-state index in [4.69, 9.17) is 27.6 Å². The van der Waals surface area contributed by atoms with Gasteiger partial charge >= 0.3 is 0 Å². The molecular formula is C22H16Cl2N2O2. The highest BCUT2D eigenvalue weighted by molar-refractivity contribution is 6.39. The number of aryl methyl sites for hydroxylation is 2. The van der Waals surface area contributed by atoms with Gasteiger partial charge in [0.25, 0.3) is 5.91 Å². The standard InChI is InChI=1S/C22H16Cl2N2O2/c1-13-6-7-14(2)19(10-13)26-22(27)15(12-25)11-16-8-9-20(28-16)21-17(23)4-3-5-18(21)24/h3-11H,1-2H3,(H,26,27)/b15-11+. The van der Waals surface area contributed by atoms with Crippen LogP contribution in [0.2, 0.25) is 10.0 Å². The zero-order valence-electron chi connectivity index (χ0n) is 15.2. The number of anilines is 1. The van der Waals surface area contributed by atoms with E-state index in [0.717, 1.165) is 11.1 Å². The molecule has 3 aromatic rings. The molecule has 28 heavy (non-hydrogen) atoms. The van der Waals surface area contributed by atoms with Crippen molar-refractivity contribution in [2.45, 2.75) is 13.8 Å². The molecule has 0 fully saturated rings. The summed E-state index contributed by atoms with van der Waals surface area (Å²) in [5.41, 5.74) is 3.06. The number of hydrogen-bond acceptors (Lipinski definition) is 3. The van der Waals surface area contributed by atoms with Crippen LogP contribution in [-0.2, 0) is 4.79 Å². The summed E-state index contributed by atoms with van der Waals surface area (Å²) in [5, 5.41) is 13.1. The minimum Gasteiger partial charge on any atom is -0.457 e. The number of nitrogens with zero attached hydrogens (tertiary/aromatic N) is 1. The van der Waals surface area contributed by atoms with E-state index in [0.29, 0.717) is 32.8 Å². The van der Waals surface area contributed by atoms with E-state index in [1.54, 1.807) is 30.3 Å². The van der Waals surface area contributed by atoms with E-state index in [-0.39, 0.29) is 5.57 Å². The van der Waals surface area contributed by atoms with Crippen molar-refractivity contribution in [2.24, 2.45) is 0 Å². The molecule has 4 nitrogen and oxygen atoms in total. The first kappa shape index (κ1) is 19.8. The zero-order valence-corrected chi connectivity index (χ0v) is 16.7. The number of nitrogens with one attached hydrogen (secondary N) is 1. The first-order valence-electron chi connectivity index (χ1n) is 8.43. The van der Waals surface area contributed by atoms with E-state index < -0.39 is 5.91 Å². The molecule has 2 aromatic carbocycles. The predicted octanol–water partition coefficient (Wildman–Crippen LogP) is 6.42. The van der Waals surface area contributed by atoms with Gasteiger partial charge in [-0.1, -0.05) is 41.4 Å². The number of furan rings is 1. The Kier molecular flexibility index (Phi) is 5.89. The molecule has 3 rings (SSSR count). The summed E-state index contributed by atoms with van der Waals surface area (Å²) in [6.45, 7) is 3.82. The lowest BCUT2D eigenvalue weighted by molar-refractivity contribution is -0.112. The molecule has 6 heteroatoms. The number of carbonyl (C=O) groups excluding carboxylic acids is 1. The molecule has 140 valence electrons. The molecule has 0 unspecified atom stereocenters. The third kappa shape index (κ3) is 4.28. The molecule has 1 aromatic heterocycles. The van der Waals surface area contributed by atoms with Crippen LogP contribution in [-0.4, -0.2) is 5.91 Å². The number of halogens is 2. The Morgan fingerprint density at radius 3 is 2.50 bits per heavy atom. The second-order valence-corrected chi connectivity index (χ2v) is 7.06. The summed E-state index contributed by atoms with van der Waals surface area (Å²) in [6.07, 6.45) is 1.38. The molecule has 0 atom stereocenters. The van der Waals surface area contributed by atoms with Gasteiger partial charge in [-0.3, -0.25) is 4.79 Å². The van der Waals surface area contributed by atoms with Gasteiger partial charge in [-0.25, -0.2) is 0 Å².